The van der Waals surface area contributed by atoms with Gasteiger partial charge in [0.05, 0.1) is 11.2 Å². The molecular formula is C18H12N2S. The van der Waals surface area contributed by atoms with Gasteiger partial charge >= 0.3 is 0 Å². The van der Waals surface area contributed by atoms with Gasteiger partial charge in [-0.3, -0.25) is 4.98 Å². The van der Waals surface area contributed by atoms with Crippen LogP contribution < -0.4 is 0 Å². The number of hydrogen-bond donors (Lipinski definition) is 0. The maximum atomic E-state index is 4.81. The highest BCUT2D eigenvalue weighted by atomic mass is 32.2. The monoisotopic (exact) mass is 288 g/mol. The van der Waals surface area contributed by atoms with E-state index >= 15 is 0 Å². The number of thioether (sulfide) groups is 1. The quantitative estimate of drug-likeness (QED) is 0.622. The van der Waals surface area contributed by atoms with Gasteiger partial charge in [0, 0.05) is 27.4 Å². The van der Waals surface area contributed by atoms with E-state index in [1.165, 1.54) is 5.39 Å². The fourth-order valence-electron chi connectivity index (χ4n) is 2.77. The van der Waals surface area contributed by atoms with Gasteiger partial charge in [-0.05, 0) is 17.5 Å². The van der Waals surface area contributed by atoms with E-state index < -0.39 is 0 Å². The number of fused-ring (bicyclic) bond motifs is 2. The van der Waals surface area contributed by atoms with Crippen molar-refractivity contribution in [3.05, 3.63) is 72.4 Å². The van der Waals surface area contributed by atoms with E-state index in [4.69, 9.17) is 4.98 Å². The lowest BCUT2D eigenvalue weighted by Gasteiger charge is -2.19. The Labute approximate surface area is 126 Å². The van der Waals surface area contributed by atoms with E-state index in [1.54, 1.807) is 11.8 Å². The lowest BCUT2D eigenvalue weighted by atomic mass is 10.0. The first-order valence-corrected chi connectivity index (χ1v) is 7.50. The van der Waals surface area contributed by atoms with Crippen LogP contribution in [0, 0.1) is 0 Å². The van der Waals surface area contributed by atoms with Gasteiger partial charge in [0.2, 0.25) is 0 Å². The predicted octanol–water partition coefficient (Wildman–Crippen LogP) is 4.97. The lowest BCUT2D eigenvalue weighted by Crippen LogP contribution is -2.00. The number of para-hydroxylation sites is 1. The summed E-state index contributed by atoms with van der Waals surface area (Å²) in [6, 6.07) is 10.3. The number of nitrogens with zero attached hydrogens (tertiary/aromatic N) is 2. The number of allylic oxidation sites excluding steroid dienone is 3. The Morgan fingerprint density at radius 2 is 1.86 bits per heavy atom. The number of rotatable bonds is 2. The zero-order valence-electron chi connectivity index (χ0n) is 11.3. The molecule has 4 rings (SSSR count). The zero-order chi connectivity index (χ0) is 14.4. The van der Waals surface area contributed by atoms with Gasteiger partial charge in [-0.25, -0.2) is 4.98 Å². The van der Waals surface area contributed by atoms with Crippen molar-refractivity contribution in [2.45, 2.75) is 5.03 Å². The summed E-state index contributed by atoms with van der Waals surface area (Å²) in [6.07, 6.45) is 5.56. The molecule has 2 nitrogen and oxygen atoms in total. The van der Waals surface area contributed by atoms with Crippen LogP contribution in [0.5, 0.6) is 0 Å². The van der Waals surface area contributed by atoms with E-state index in [1.807, 2.05) is 36.5 Å². The molecule has 0 N–H and O–H groups in total. The molecule has 1 aromatic carbocycles. The summed E-state index contributed by atoms with van der Waals surface area (Å²) in [5.41, 5.74) is 2.99. The van der Waals surface area contributed by atoms with Crippen molar-refractivity contribution in [1.29, 1.82) is 0 Å². The van der Waals surface area contributed by atoms with Crippen molar-refractivity contribution in [2.75, 3.05) is 0 Å². The summed E-state index contributed by atoms with van der Waals surface area (Å²) < 4.78 is 0. The molecule has 0 spiro atoms. The van der Waals surface area contributed by atoms with Gasteiger partial charge in [0.25, 0.3) is 0 Å². The summed E-state index contributed by atoms with van der Waals surface area (Å²) >= 11 is 1.64. The summed E-state index contributed by atoms with van der Waals surface area (Å²) in [4.78, 5) is 10.4. The largest absolute Gasteiger partial charge is 0.255 e. The highest BCUT2D eigenvalue weighted by Gasteiger charge is 2.22. The molecule has 1 aliphatic heterocycles. The van der Waals surface area contributed by atoms with Crippen molar-refractivity contribution in [3.63, 3.8) is 0 Å². The second-order valence-electron chi connectivity index (χ2n) is 4.80. The third-order valence-electron chi connectivity index (χ3n) is 3.70. The molecule has 0 radical (unpaired) electrons. The molecule has 100 valence electrons. The summed E-state index contributed by atoms with van der Waals surface area (Å²) in [7, 11) is 0. The Morgan fingerprint density at radius 3 is 2.67 bits per heavy atom. The topological polar surface area (TPSA) is 25.8 Å². The first-order chi connectivity index (χ1) is 10.3. The van der Waals surface area contributed by atoms with Crippen molar-refractivity contribution in [2.24, 2.45) is 0 Å². The van der Waals surface area contributed by atoms with E-state index in [9.17, 15) is 0 Å². The fraction of sp³-hybridized carbons (Fsp3) is 0. The number of benzene rings is 1. The van der Waals surface area contributed by atoms with Crippen LogP contribution in [-0.4, -0.2) is 9.97 Å². The minimum absolute atomic E-state index is 0.949. The van der Waals surface area contributed by atoms with Gasteiger partial charge in [0.1, 0.15) is 5.03 Å². The van der Waals surface area contributed by atoms with Gasteiger partial charge < -0.3 is 0 Å². The molecule has 0 saturated carbocycles. The smallest absolute Gasteiger partial charge is 0.112 e. The molecule has 0 amide bonds. The Bertz CT molecular complexity index is 954. The molecular weight excluding hydrogens is 276 g/mol. The predicted molar refractivity (Wildman–Crippen MR) is 90.2 cm³/mol. The van der Waals surface area contributed by atoms with Crippen LogP contribution in [0.1, 0.15) is 5.69 Å². The highest BCUT2D eigenvalue weighted by Crippen LogP contribution is 2.45. The Kier molecular flexibility index (Phi) is 2.69. The molecule has 21 heavy (non-hydrogen) atoms. The van der Waals surface area contributed by atoms with Crippen LogP contribution in [0.4, 0.5) is 0 Å². The molecule has 2 aromatic heterocycles. The van der Waals surface area contributed by atoms with Gasteiger partial charge in [-0.15, -0.1) is 0 Å². The van der Waals surface area contributed by atoms with Crippen molar-refractivity contribution in [1.82, 2.24) is 9.97 Å². The minimum Gasteiger partial charge on any atom is -0.255 e. The van der Waals surface area contributed by atoms with Crippen molar-refractivity contribution in [3.8, 4) is 0 Å². The summed E-state index contributed by atoms with van der Waals surface area (Å²) in [5, 5.41) is 4.45. The normalized spacial score (nSPS) is 13.7. The summed E-state index contributed by atoms with van der Waals surface area (Å²) in [6.45, 7) is 7.83. The number of hydrogen-bond acceptors (Lipinski definition) is 3. The molecule has 0 unspecified atom stereocenters. The third kappa shape index (κ3) is 1.68. The SMILES string of the molecule is C=CC1=C(C=C)c2nccc3c2c(nc2ccccc23)S1. The molecule has 0 bridgehead atoms. The molecule has 1 aliphatic rings. The maximum Gasteiger partial charge on any atom is 0.112 e. The average Bonchev–Trinajstić information content (AvgIpc) is 2.54. The maximum absolute atomic E-state index is 4.81. The van der Waals surface area contributed by atoms with Crippen molar-refractivity contribution < 1.29 is 0 Å². The highest BCUT2D eigenvalue weighted by molar-refractivity contribution is 8.03. The first-order valence-electron chi connectivity index (χ1n) is 6.68. The standard InChI is InChI=1S/C18H12N2S/c1-3-11-15(4-2)21-18-16-13(9-10-19-17(11)16)12-7-5-6-8-14(12)20-18/h3-10H,1-2H2. The first kappa shape index (κ1) is 12.4. The van der Waals surface area contributed by atoms with Crippen LogP contribution >= 0.6 is 11.8 Å². The second kappa shape index (κ2) is 4.57. The van der Waals surface area contributed by atoms with Crippen LogP contribution in [0.25, 0.3) is 27.2 Å². The van der Waals surface area contributed by atoms with Crippen molar-refractivity contribution >= 4 is 39.0 Å². The molecule has 3 heteroatoms. The van der Waals surface area contributed by atoms with Crippen LogP contribution in [0.2, 0.25) is 0 Å². The second-order valence-corrected chi connectivity index (χ2v) is 5.84. The van der Waals surface area contributed by atoms with E-state index in [0.717, 1.165) is 37.5 Å². The summed E-state index contributed by atoms with van der Waals surface area (Å²) in [5.74, 6) is 0. The Balaban J connectivity index is 2.24. The lowest BCUT2D eigenvalue weighted by molar-refractivity contribution is 1.20. The molecule has 0 atom stereocenters. The van der Waals surface area contributed by atoms with Crippen LogP contribution in [-0.2, 0) is 0 Å². The minimum atomic E-state index is 0.949. The van der Waals surface area contributed by atoms with Gasteiger partial charge in [-0.1, -0.05) is 55.3 Å². The Hall–Kier alpha value is -2.39. The third-order valence-corrected chi connectivity index (χ3v) is 4.79. The average molecular weight is 288 g/mol. The Morgan fingerprint density at radius 1 is 1.00 bits per heavy atom. The van der Waals surface area contributed by atoms with Gasteiger partial charge in [0.15, 0.2) is 0 Å². The van der Waals surface area contributed by atoms with Gasteiger partial charge in [-0.2, -0.15) is 0 Å². The van der Waals surface area contributed by atoms with E-state index in [2.05, 4.69) is 30.3 Å². The molecule has 0 fully saturated rings. The zero-order valence-corrected chi connectivity index (χ0v) is 12.2. The fourth-order valence-corrected chi connectivity index (χ4v) is 3.80. The van der Waals surface area contributed by atoms with Crippen LogP contribution in [0.3, 0.4) is 0 Å². The molecule has 0 aliphatic carbocycles. The molecule has 3 aromatic rings. The molecule has 0 saturated heterocycles. The van der Waals surface area contributed by atoms with E-state index in [0.29, 0.717) is 0 Å². The number of pyridine rings is 2. The van der Waals surface area contributed by atoms with E-state index in [-0.39, 0.29) is 0 Å². The molecule has 3 heterocycles. The van der Waals surface area contributed by atoms with Crippen LogP contribution in [0.15, 0.2) is 71.8 Å². The number of aromatic nitrogens is 2.